The molecule has 3 fully saturated rings. The molecule has 0 aromatic carbocycles. The Morgan fingerprint density at radius 2 is 2.17 bits per heavy atom. The number of allylic oxidation sites excluding steroid dienone is 1. The highest BCUT2D eigenvalue weighted by Gasteiger charge is 2.62. The first-order chi connectivity index (χ1) is 10.8. The van der Waals surface area contributed by atoms with Gasteiger partial charge in [-0.25, -0.2) is 13.2 Å². The highest BCUT2D eigenvalue weighted by molar-refractivity contribution is 7.81. The first-order valence-corrected chi connectivity index (χ1v) is 8.96. The molecular formula is C15H18O7S. The molecule has 1 aliphatic carbocycles. The third kappa shape index (κ3) is 2.53. The highest BCUT2D eigenvalue weighted by atomic mass is 32.3. The molecule has 0 saturated carbocycles. The Bertz CT molecular complexity index is 709. The van der Waals surface area contributed by atoms with Gasteiger partial charge in [-0.3, -0.25) is 0 Å². The van der Waals surface area contributed by atoms with Gasteiger partial charge in [-0.2, -0.15) is 8.42 Å². The van der Waals surface area contributed by atoms with Crippen LogP contribution in [0.2, 0.25) is 0 Å². The van der Waals surface area contributed by atoms with Crippen LogP contribution in [0.1, 0.15) is 26.2 Å². The minimum atomic E-state index is -4.00. The van der Waals surface area contributed by atoms with Crippen LogP contribution < -0.4 is 0 Å². The van der Waals surface area contributed by atoms with E-state index >= 15 is 0 Å². The molecule has 0 spiro atoms. The maximum absolute atomic E-state index is 11.9. The zero-order valence-electron chi connectivity index (χ0n) is 12.7. The van der Waals surface area contributed by atoms with Crippen LogP contribution in [0.25, 0.3) is 0 Å². The first kappa shape index (κ1) is 15.3. The number of esters is 1. The fourth-order valence-corrected chi connectivity index (χ4v) is 4.50. The van der Waals surface area contributed by atoms with Crippen molar-refractivity contribution in [2.75, 3.05) is 6.61 Å². The van der Waals surface area contributed by atoms with Gasteiger partial charge in [-0.05, 0) is 31.8 Å². The molecule has 8 heteroatoms. The third-order valence-electron chi connectivity index (χ3n) is 5.12. The number of hydrogen-bond donors (Lipinski definition) is 0. The van der Waals surface area contributed by atoms with E-state index in [1.807, 2.05) is 13.0 Å². The molecule has 7 nitrogen and oxygen atoms in total. The number of carbonyl (C=O) groups excluding carboxylic acids is 1. The first-order valence-electron chi connectivity index (χ1n) is 7.63. The van der Waals surface area contributed by atoms with Gasteiger partial charge < -0.3 is 9.47 Å². The molecule has 0 aromatic rings. The van der Waals surface area contributed by atoms with Crippen LogP contribution in [0.4, 0.5) is 0 Å². The van der Waals surface area contributed by atoms with Gasteiger partial charge >= 0.3 is 16.4 Å². The summed E-state index contributed by atoms with van der Waals surface area (Å²) < 4.78 is 44.3. The summed E-state index contributed by atoms with van der Waals surface area (Å²) in [6, 6.07) is 0. The van der Waals surface area contributed by atoms with Crippen molar-refractivity contribution >= 4 is 16.4 Å². The largest absolute Gasteiger partial charge is 0.455 e. The van der Waals surface area contributed by atoms with Crippen molar-refractivity contribution in [1.29, 1.82) is 0 Å². The Morgan fingerprint density at radius 3 is 2.96 bits per heavy atom. The molecular weight excluding hydrogens is 324 g/mol. The molecule has 4 rings (SSSR count). The summed E-state index contributed by atoms with van der Waals surface area (Å²) in [6.45, 7) is 5.79. The van der Waals surface area contributed by atoms with E-state index in [4.69, 9.17) is 17.8 Å². The van der Waals surface area contributed by atoms with Crippen molar-refractivity contribution in [3.63, 3.8) is 0 Å². The molecule has 3 aliphatic heterocycles. The summed E-state index contributed by atoms with van der Waals surface area (Å²) >= 11 is 0. The van der Waals surface area contributed by atoms with Crippen LogP contribution in [-0.4, -0.2) is 44.9 Å². The van der Waals surface area contributed by atoms with Crippen molar-refractivity contribution in [3.05, 3.63) is 23.8 Å². The van der Waals surface area contributed by atoms with E-state index in [9.17, 15) is 13.2 Å². The lowest BCUT2D eigenvalue weighted by atomic mass is 9.83. The molecule has 3 saturated heterocycles. The Balaban J connectivity index is 1.69. The predicted molar refractivity (Wildman–Crippen MR) is 77.5 cm³/mol. The van der Waals surface area contributed by atoms with E-state index < -0.39 is 28.6 Å². The van der Waals surface area contributed by atoms with E-state index in [1.165, 1.54) is 0 Å². The van der Waals surface area contributed by atoms with Crippen molar-refractivity contribution in [2.45, 2.75) is 50.1 Å². The van der Waals surface area contributed by atoms with Gasteiger partial charge in [0.1, 0.15) is 18.3 Å². The number of epoxide rings is 1. The molecule has 0 amide bonds. The van der Waals surface area contributed by atoms with E-state index in [-0.39, 0.29) is 24.2 Å². The predicted octanol–water partition coefficient (Wildman–Crippen LogP) is 1.01. The number of fused-ring (bicyclic) bond motifs is 4. The maximum atomic E-state index is 11.9. The van der Waals surface area contributed by atoms with Gasteiger partial charge in [0, 0.05) is 11.5 Å². The number of carbonyl (C=O) groups is 1. The van der Waals surface area contributed by atoms with Gasteiger partial charge in [0.25, 0.3) is 0 Å². The van der Waals surface area contributed by atoms with E-state index in [0.717, 1.165) is 18.4 Å². The van der Waals surface area contributed by atoms with Crippen molar-refractivity contribution in [1.82, 2.24) is 0 Å². The molecule has 0 bridgehead atoms. The minimum Gasteiger partial charge on any atom is -0.455 e. The van der Waals surface area contributed by atoms with Crippen LogP contribution in [0.15, 0.2) is 23.8 Å². The average molecular weight is 342 g/mol. The van der Waals surface area contributed by atoms with Crippen LogP contribution >= 0.6 is 0 Å². The summed E-state index contributed by atoms with van der Waals surface area (Å²) in [5, 5.41) is 0. The molecule has 0 unspecified atom stereocenters. The Labute approximate surface area is 134 Å². The van der Waals surface area contributed by atoms with Crippen LogP contribution in [0, 0.1) is 5.92 Å². The van der Waals surface area contributed by atoms with Crippen molar-refractivity contribution in [3.8, 4) is 0 Å². The summed E-state index contributed by atoms with van der Waals surface area (Å²) in [5.74, 6) is -0.772. The fourth-order valence-electron chi connectivity index (χ4n) is 3.67. The SMILES string of the molecule is C=C1C(=O)O[C@@H]2[C@H]3O[C@]3(C)CC/C=C3\COS(=O)(=O)O[C@H]3C[C@@H]12. The zero-order chi connectivity index (χ0) is 16.4. The lowest BCUT2D eigenvalue weighted by Crippen LogP contribution is -2.37. The summed E-state index contributed by atoms with van der Waals surface area (Å²) in [4.78, 5) is 11.9. The van der Waals surface area contributed by atoms with Crippen molar-refractivity contribution in [2.24, 2.45) is 5.92 Å². The maximum Gasteiger partial charge on any atom is 0.400 e. The van der Waals surface area contributed by atoms with Gasteiger partial charge in [0.15, 0.2) is 0 Å². The van der Waals surface area contributed by atoms with Crippen LogP contribution in [0.3, 0.4) is 0 Å². The smallest absolute Gasteiger partial charge is 0.400 e. The minimum absolute atomic E-state index is 0.0212. The molecule has 5 atom stereocenters. The second kappa shape index (κ2) is 4.89. The quantitative estimate of drug-likeness (QED) is 0.281. The molecule has 0 radical (unpaired) electrons. The molecule has 0 aromatic heterocycles. The Kier molecular flexibility index (Phi) is 3.26. The summed E-state index contributed by atoms with van der Waals surface area (Å²) in [5.41, 5.74) is 0.800. The van der Waals surface area contributed by atoms with Crippen LogP contribution in [0.5, 0.6) is 0 Å². The number of hydrogen-bond acceptors (Lipinski definition) is 7. The molecule has 23 heavy (non-hydrogen) atoms. The molecule has 3 heterocycles. The molecule has 4 aliphatic rings. The van der Waals surface area contributed by atoms with Crippen molar-refractivity contribution < 1.29 is 31.1 Å². The average Bonchev–Trinajstić information content (AvgIpc) is 3.06. The monoisotopic (exact) mass is 342 g/mol. The van der Waals surface area contributed by atoms with Crippen LogP contribution in [-0.2, 0) is 33.0 Å². The lowest BCUT2D eigenvalue weighted by molar-refractivity contribution is -0.140. The van der Waals surface area contributed by atoms with Gasteiger partial charge in [-0.15, -0.1) is 0 Å². The third-order valence-corrected chi connectivity index (χ3v) is 6.00. The van der Waals surface area contributed by atoms with E-state index in [2.05, 4.69) is 6.58 Å². The van der Waals surface area contributed by atoms with Gasteiger partial charge in [0.05, 0.1) is 12.2 Å². The summed E-state index contributed by atoms with van der Waals surface area (Å²) in [6.07, 6.45) is 2.46. The van der Waals surface area contributed by atoms with E-state index in [1.54, 1.807) is 0 Å². The standard InChI is InChI=1S/C15H18O7S/c1-8-10-6-11-9(7-19-23(17,18)22-11)4-3-5-15(2)13(21-15)12(10)20-14(8)16/h4,10-13H,1,3,5-7H2,2H3/b9-4+/t10-,11-,12-,13+,15+/m0/s1. The van der Waals surface area contributed by atoms with Gasteiger partial charge in [-0.1, -0.05) is 12.7 Å². The number of rotatable bonds is 0. The highest BCUT2D eigenvalue weighted by Crippen LogP contribution is 2.50. The topological polar surface area (TPSA) is 91.4 Å². The lowest BCUT2D eigenvalue weighted by Gasteiger charge is -2.29. The Morgan fingerprint density at radius 1 is 1.39 bits per heavy atom. The second-order valence-corrected chi connectivity index (χ2v) is 7.91. The summed E-state index contributed by atoms with van der Waals surface area (Å²) in [7, 11) is -4.00. The second-order valence-electron chi connectivity index (χ2n) is 6.66. The molecule has 126 valence electrons. The zero-order valence-corrected chi connectivity index (χ0v) is 13.5. The Hall–Kier alpha value is -1.22. The fraction of sp³-hybridized carbons (Fsp3) is 0.667. The van der Waals surface area contributed by atoms with E-state index in [0.29, 0.717) is 12.0 Å². The van der Waals surface area contributed by atoms with Gasteiger partial charge in [0.2, 0.25) is 0 Å². The normalized spacial score (nSPS) is 47.4. The number of ether oxygens (including phenoxy) is 2. The molecule has 0 N–H and O–H groups in total.